The second kappa shape index (κ2) is 5.03. The summed E-state index contributed by atoms with van der Waals surface area (Å²) in [6.07, 6.45) is 8.64. The van der Waals surface area contributed by atoms with Crippen LogP contribution in [0.25, 0.3) is 10.9 Å². The average molecular weight is 299 g/mol. The van der Waals surface area contributed by atoms with E-state index in [9.17, 15) is 0 Å². The van der Waals surface area contributed by atoms with Gasteiger partial charge in [0, 0.05) is 29.2 Å². The minimum atomic E-state index is -0.313. The second-order valence-corrected chi connectivity index (χ2v) is 6.63. The fourth-order valence-corrected chi connectivity index (χ4v) is 4.09. The first-order valence-corrected chi connectivity index (χ1v) is 8.28. The highest BCUT2D eigenvalue weighted by atomic mass is 14.9. The summed E-state index contributed by atoms with van der Waals surface area (Å²) in [6.45, 7) is 2.20. The summed E-state index contributed by atoms with van der Waals surface area (Å²) >= 11 is 0. The lowest BCUT2D eigenvalue weighted by Crippen LogP contribution is -2.29. The van der Waals surface area contributed by atoms with Crippen molar-refractivity contribution in [3.63, 3.8) is 0 Å². The van der Waals surface area contributed by atoms with Crippen LogP contribution in [-0.2, 0) is 12.5 Å². The van der Waals surface area contributed by atoms with E-state index in [0.29, 0.717) is 5.92 Å². The molecule has 1 aliphatic rings. The molecule has 0 spiro atoms. The van der Waals surface area contributed by atoms with E-state index in [4.69, 9.17) is 6.42 Å². The van der Waals surface area contributed by atoms with Crippen molar-refractivity contribution in [2.24, 2.45) is 13.0 Å². The number of nitrogens with zero attached hydrogens (tertiary/aromatic N) is 1. The molecule has 1 heterocycles. The summed E-state index contributed by atoms with van der Waals surface area (Å²) in [5.74, 6) is 3.78. The molecule has 1 heteroatoms. The van der Waals surface area contributed by atoms with Gasteiger partial charge in [0.25, 0.3) is 0 Å². The van der Waals surface area contributed by atoms with E-state index in [1.165, 1.54) is 40.6 Å². The van der Waals surface area contributed by atoms with Crippen LogP contribution in [0.4, 0.5) is 0 Å². The minimum Gasteiger partial charge on any atom is -0.348 e. The first-order chi connectivity index (χ1) is 11.2. The van der Waals surface area contributed by atoms with Crippen molar-refractivity contribution in [3.8, 4) is 12.3 Å². The molecule has 1 saturated carbocycles. The van der Waals surface area contributed by atoms with Gasteiger partial charge in [-0.25, -0.2) is 0 Å². The molecule has 114 valence electrons. The Labute approximate surface area is 138 Å². The minimum absolute atomic E-state index is 0.313. The van der Waals surface area contributed by atoms with E-state index in [1.807, 2.05) is 0 Å². The molecule has 3 aromatic rings. The number of terminal acetylenes is 1. The highest BCUT2D eigenvalue weighted by molar-refractivity contribution is 5.88. The van der Waals surface area contributed by atoms with Crippen molar-refractivity contribution in [1.29, 1.82) is 0 Å². The maximum absolute atomic E-state index is 6.22. The Kier molecular flexibility index (Phi) is 3.10. The Morgan fingerprint density at radius 3 is 2.35 bits per heavy atom. The zero-order valence-corrected chi connectivity index (χ0v) is 13.7. The normalized spacial score (nSPS) is 16.9. The van der Waals surface area contributed by atoms with Crippen LogP contribution in [0.5, 0.6) is 0 Å². The van der Waals surface area contributed by atoms with Crippen molar-refractivity contribution in [2.75, 3.05) is 0 Å². The van der Waals surface area contributed by atoms with Gasteiger partial charge in [0.2, 0.25) is 0 Å². The fraction of sp³-hybridized carbons (Fsp3) is 0.273. The van der Waals surface area contributed by atoms with Gasteiger partial charge in [-0.1, -0.05) is 54.5 Å². The van der Waals surface area contributed by atoms with Gasteiger partial charge in [-0.05, 0) is 37.3 Å². The van der Waals surface area contributed by atoms with E-state index in [1.54, 1.807) is 0 Å². The van der Waals surface area contributed by atoms with Crippen LogP contribution in [-0.4, -0.2) is 4.57 Å². The molecule has 1 aliphatic carbocycles. The van der Waals surface area contributed by atoms with Gasteiger partial charge in [-0.3, -0.25) is 0 Å². The number of benzene rings is 2. The largest absolute Gasteiger partial charge is 0.348 e. The molecule has 0 radical (unpaired) electrons. The van der Waals surface area contributed by atoms with Gasteiger partial charge >= 0.3 is 0 Å². The number of rotatable bonds is 3. The first-order valence-electron chi connectivity index (χ1n) is 8.28. The summed E-state index contributed by atoms with van der Waals surface area (Å²) in [6, 6.07) is 19.3. The molecule has 4 rings (SSSR count). The third-order valence-corrected chi connectivity index (χ3v) is 5.44. The maximum atomic E-state index is 6.22. The molecule has 1 aromatic heterocycles. The third-order valence-electron chi connectivity index (χ3n) is 5.44. The van der Waals surface area contributed by atoms with E-state index in [0.717, 1.165) is 0 Å². The standard InChI is InChI=1S/C22H21N/c1-4-22(18-14-15-18,17-10-6-5-7-11-17)21-16(2)23(3)20-13-9-8-12-19(20)21/h1,5-13,18H,14-15H2,2-3H3. The Hall–Kier alpha value is -2.46. The van der Waals surface area contributed by atoms with Crippen LogP contribution in [0, 0.1) is 25.2 Å². The summed E-state index contributed by atoms with van der Waals surface area (Å²) in [5, 5.41) is 1.29. The van der Waals surface area contributed by atoms with Gasteiger partial charge in [-0.2, -0.15) is 0 Å². The summed E-state index contributed by atoms with van der Waals surface area (Å²) in [7, 11) is 2.14. The highest BCUT2D eigenvalue weighted by Gasteiger charge is 2.48. The zero-order chi connectivity index (χ0) is 16.0. The molecule has 0 amide bonds. The fourth-order valence-electron chi connectivity index (χ4n) is 4.09. The summed E-state index contributed by atoms with van der Waals surface area (Å²) < 4.78 is 2.28. The lowest BCUT2D eigenvalue weighted by Gasteiger charge is -2.30. The molecule has 0 N–H and O–H groups in total. The molecule has 1 nitrogen and oxygen atoms in total. The number of fused-ring (bicyclic) bond motifs is 1. The van der Waals surface area contributed by atoms with Gasteiger partial charge < -0.3 is 4.57 Å². The monoisotopic (exact) mass is 299 g/mol. The van der Waals surface area contributed by atoms with Gasteiger partial charge in [-0.15, -0.1) is 6.42 Å². The predicted molar refractivity (Wildman–Crippen MR) is 96.4 cm³/mol. The average Bonchev–Trinajstić information content (AvgIpc) is 3.41. The summed E-state index contributed by atoms with van der Waals surface area (Å²) in [5.41, 5.74) is 4.80. The quantitative estimate of drug-likeness (QED) is 0.611. The maximum Gasteiger partial charge on any atom is 0.0860 e. The Bertz CT molecular complexity index is 906. The molecule has 0 bridgehead atoms. The van der Waals surface area contributed by atoms with Crippen LogP contribution < -0.4 is 0 Å². The number of aromatic nitrogens is 1. The molecule has 1 unspecified atom stereocenters. The zero-order valence-electron chi connectivity index (χ0n) is 13.7. The predicted octanol–water partition coefficient (Wildman–Crippen LogP) is 4.82. The van der Waals surface area contributed by atoms with Gasteiger partial charge in [0.1, 0.15) is 0 Å². The summed E-state index contributed by atoms with van der Waals surface area (Å²) in [4.78, 5) is 0. The Morgan fingerprint density at radius 2 is 1.70 bits per heavy atom. The number of hydrogen-bond acceptors (Lipinski definition) is 0. The van der Waals surface area contributed by atoms with E-state index >= 15 is 0 Å². The lowest BCUT2D eigenvalue weighted by molar-refractivity contribution is 0.576. The topological polar surface area (TPSA) is 4.93 Å². The lowest BCUT2D eigenvalue weighted by atomic mass is 9.70. The third kappa shape index (κ3) is 1.88. The molecule has 1 atom stereocenters. The highest BCUT2D eigenvalue weighted by Crippen LogP contribution is 2.53. The Morgan fingerprint density at radius 1 is 1.04 bits per heavy atom. The first kappa shape index (κ1) is 14.2. The van der Waals surface area contributed by atoms with Crippen molar-refractivity contribution in [2.45, 2.75) is 25.2 Å². The van der Waals surface area contributed by atoms with Crippen molar-refractivity contribution >= 4 is 10.9 Å². The smallest absolute Gasteiger partial charge is 0.0860 e. The molecule has 0 aliphatic heterocycles. The molecular formula is C22H21N. The number of aryl methyl sites for hydroxylation is 1. The van der Waals surface area contributed by atoms with Crippen molar-refractivity contribution in [1.82, 2.24) is 4.57 Å². The van der Waals surface area contributed by atoms with Crippen molar-refractivity contribution < 1.29 is 0 Å². The van der Waals surface area contributed by atoms with Crippen LogP contribution >= 0.6 is 0 Å². The van der Waals surface area contributed by atoms with Crippen LogP contribution in [0.1, 0.15) is 29.7 Å². The molecular weight excluding hydrogens is 278 g/mol. The number of hydrogen-bond donors (Lipinski definition) is 0. The van der Waals surface area contributed by atoms with E-state index in [-0.39, 0.29) is 5.41 Å². The molecule has 2 aromatic carbocycles. The molecule has 1 fully saturated rings. The van der Waals surface area contributed by atoms with E-state index in [2.05, 4.69) is 79.1 Å². The van der Waals surface area contributed by atoms with Crippen LogP contribution in [0.15, 0.2) is 54.6 Å². The van der Waals surface area contributed by atoms with Crippen molar-refractivity contribution in [3.05, 3.63) is 71.4 Å². The van der Waals surface area contributed by atoms with Crippen LogP contribution in [0.2, 0.25) is 0 Å². The SMILES string of the molecule is C#CC(c1ccccc1)(c1c(C)n(C)c2ccccc12)C1CC1. The van der Waals surface area contributed by atoms with E-state index < -0.39 is 0 Å². The Balaban J connectivity index is 2.11. The van der Waals surface area contributed by atoms with Crippen LogP contribution in [0.3, 0.4) is 0 Å². The van der Waals surface area contributed by atoms with Gasteiger partial charge in [0.15, 0.2) is 0 Å². The number of para-hydroxylation sites is 1. The molecule has 23 heavy (non-hydrogen) atoms. The second-order valence-electron chi connectivity index (χ2n) is 6.63. The molecule has 0 saturated heterocycles. The van der Waals surface area contributed by atoms with Gasteiger partial charge in [0.05, 0.1) is 5.41 Å².